The van der Waals surface area contributed by atoms with E-state index in [0.29, 0.717) is 11.9 Å². The molecule has 3 heteroatoms. The molecule has 0 spiro atoms. The van der Waals surface area contributed by atoms with Crippen LogP contribution in [0.15, 0.2) is 0 Å². The maximum atomic E-state index is 13.1. The highest BCUT2D eigenvalue weighted by molar-refractivity contribution is 5.82. The number of hydrogen-bond donors (Lipinski definition) is 1. The van der Waals surface area contributed by atoms with Crippen LogP contribution in [-0.4, -0.2) is 36.0 Å². The standard InChI is InChI=1S/C21H34N2O/c24-21(19-6-3-7-23(19)13-14-4-1-2-5-14)22-20-17-9-15-8-16(11-17)12-18(20)10-15/h14-20H,1-13H2,(H,22,24). The second-order valence-electron chi connectivity index (χ2n) is 9.77. The molecule has 0 aromatic heterocycles. The third-order valence-electron chi connectivity index (χ3n) is 8.17. The van der Waals surface area contributed by atoms with Crippen molar-refractivity contribution < 1.29 is 4.79 Å². The molecule has 4 bridgehead atoms. The maximum Gasteiger partial charge on any atom is 0.237 e. The predicted molar refractivity (Wildman–Crippen MR) is 95.5 cm³/mol. The molecule has 1 amide bonds. The molecule has 0 aromatic carbocycles. The van der Waals surface area contributed by atoms with Gasteiger partial charge in [-0.25, -0.2) is 0 Å². The fourth-order valence-corrected chi connectivity index (χ4v) is 7.29. The van der Waals surface area contributed by atoms with E-state index in [-0.39, 0.29) is 6.04 Å². The Balaban J connectivity index is 1.21. The molecule has 1 aliphatic heterocycles. The molecule has 0 aromatic rings. The van der Waals surface area contributed by atoms with Gasteiger partial charge < -0.3 is 5.32 Å². The second-order valence-corrected chi connectivity index (χ2v) is 9.77. The van der Waals surface area contributed by atoms with E-state index in [9.17, 15) is 4.79 Å². The molecule has 0 radical (unpaired) electrons. The summed E-state index contributed by atoms with van der Waals surface area (Å²) in [5.41, 5.74) is 0. The van der Waals surface area contributed by atoms with E-state index < -0.39 is 0 Å². The van der Waals surface area contributed by atoms with Gasteiger partial charge in [0.05, 0.1) is 6.04 Å². The molecule has 3 nitrogen and oxygen atoms in total. The van der Waals surface area contributed by atoms with Crippen molar-refractivity contribution in [2.75, 3.05) is 13.1 Å². The summed E-state index contributed by atoms with van der Waals surface area (Å²) in [6.45, 7) is 2.33. The summed E-state index contributed by atoms with van der Waals surface area (Å²) in [6, 6.07) is 0.696. The summed E-state index contributed by atoms with van der Waals surface area (Å²) in [7, 11) is 0. The topological polar surface area (TPSA) is 32.3 Å². The molecule has 1 atom stereocenters. The Morgan fingerprint density at radius 3 is 2.21 bits per heavy atom. The van der Waals surface area contributed by atoms with Gasteiger partial charge in [-0.15, -0.1) is 0 Å². The lowest BCUT2D eigenvalue weighted by molar-refractivity contribution is -0.129. The van der Waals surface area contributed by atoms with Crippen molar-refractivity contribution in [1.82, 2.24) is 10.2 Å². The lowest BCUT2D eigenvalue weighted by Crippen LogP contribution is -2.58. The van der Waals surface area contributed by atoms with Gasteiger partial charge in [0.1, 0.15) is 0 Å². The number of amides is 1. The van der Waals surface area contributed by atoms with E-state index in [1.54, 1.807) is 0 Å². The predicted octanol–water partition coefficient (Wildman–Crippen LogP) is 3.58. The fraction of sp³-hybridized carbons (Fsp3) is 0.952. The average Bonchev–Trinajstić information content (AvgIpc) is 3.22. The van der Waals surface area contributed by atoms with Crippen molar-refractivity contribution in [3.8, 4) is 0 Å². The number of hydrogen-bond acceptors (Lipinski definition) is 2. The van der Waals surface area contributed by atoms with Gasteiger partial charge in [0, 0.05) is 12.6 Å². The normalized spacial score (nSPS) is 45.2. The molecule has 134 valence electrons. The highest BCUT2D eigenvalue weighted by Crippen LogP contribution is 2.53. The number of nitrogens with one attached hydrogen (secondary N) is 1. The van der Waals surface area contributed by atoms with Crippen molar-refractivity contribution in [1.29, 1.82) is 0 Å². The van der Waals surface area contributed by atoms with Gasteiger partial charge in [-0.2, -0.15) is 0 Å². The number of rotatable bonds is 4. The Labute approximate surface area is 146 Å². The van der Waals surface area contributed by atoms with Crippen molar-refractivity contribution in [2.45, 2.75) is 82.7 Å². The van der Waals surface area contributed by atoms with Crippen molar-refractivity contribution in [3.05, 3.63) is 0 Å². The first-order chi connectivity index (χ1) is 11.8. The fourth-order valence-electron chi connectivity index (χ4n) is 7.29. The quantitative estimate of drug-likeness (QED) is 0.854. The van der Waals surface area contributed by atoms with Crippen LogP contribution in [-0.2, 0) is 4.79 Å². The molecule has 6 fully saturated rings. The van der Waals surface area contributed by atoms with Crippen molar-refractivity contribution in [3.63, 3.8) is 0 Å². The van der Waals surface area contributed by atoms with Gasteiger partial charge in [0.2, 0.25) is 5.91 Å². The second kappa shape index (κ2) is 6.30. The molecule has 24 heavy (non-hydrogen) atoms. The van der Waals surface area contributed by atoms with E-state index in [1.165, 1.54) is 70.8 Å². The summed E-state index contributed by atoms with van der Waals surface area (Å²) >= 11 is 0. The van der Waals surface area contributed by atoms with Gasteiger partial charge >= 0.3 is 0 Å². The third kappa shape index (κ3) is 2.81. The van der Waals surface area contributed by atoms with Crippen LogP contribution < -0.4 is 5.32 Å². The van der Waals surface area contributed by atoms with Crippen molar-refractivity contribution >= 4 is 5.91 Å². The van der Waals surface area contributed by atoms with Gasteiger partial charge in [-0.3, -0.25) is 9.69 Å². The Hall–Kier alpha value is -0.570. The number of carbonyl (C=O) groups is 1. The molecule has 1 heterocycles. The minimum absolute atomic E-state index is 0.183. The Kier molecular flexibility index (Phi) is 4.11. The van der Waals surface area contributed by atoms with Crippen LogP contribution in [0.5, 0.6) is 0 Å². The van der Waals surface area contributed by atoms with E-state index in [2.05, 4.69) is 10.2 Å². The van der Waals surface area contributed by atoms with Crippen LogP contribution in [0.3, 0.4) is 0 Å². The monoisotopic (exact) mass is 330 g/mol. The molecule has 1 N–H and O–H groups in total. The molecule has 6 aliphatic rings. The molecular formula is C21H34N2O. The highest BCUT2D eigenvalue weighted by Gasteiger charge is 2.49. The Bertz CT molecular complexity index is 456. The SMILES string of the molecule is O=C(NC1C2CC3CC(C2)CC1C3)C1CCCN1CC1CCCC1. The van der Waals surface area contributed by atoms with Gasteiger partial charge in [0.15, 0.2) is 0 Å². The number of likely N-dealkylation sites (tertiary alicyclic amines) is 1. The average molecular weight is 331 g/mol. The first kappa shape index (κ1) is 15.7. The lowest BCUT2D eigenvalue weighted by Gasteiger charge is -2.54. The summed E-state index contributed by atoms with van der Waals surface area (Å²) in [5.74, 6) is 4.82. The van der Waals surface area contributed by atoms with Crippen LogP contribution in [0.25, 0.3) is 0 Å². The zero-order valence-corrected chi connectivity index (χ0v) is 15.1. The first-order valence-electron chi connectivity index (χ1n) is 10.8. The molecule has 1 unspecified atom stereocenters. The summed E-state index contributed by atoms with van der Waals surface area (Å²) < 4.78 is 0. The Morgan fingerprint density at radius 2 is 1.54 bits per heavy atom. The third-order valence-corrected chi connectivity index (χ3v) is 8.17. The minimum Gasteiger partial charge on any atom is -0.351 e. The molecule has 5 saturated carbocycles. The molecule has 1 saturated heterocycles. The van der Waals surface area contributed by atoms with Crippen LogP contribution in [0.2, 0.25) is 0 Å². The van der Waals surface area contributed by atoms with Crippen LogP contribution in [0.4, 0.5) is 0 Å². The smallest absolute Gasteiger partial charge is 0.237 e. The van der Waals surface area contributed by atoms with E-state index >= 15 is 0 Å². The zero-order valence-electron chi connectivity index (χ0n) is 15.1. The minimum atomic E-state index is 0.183. The lowest BCUT2D eigenvalue weighted by atomic mass is 9.54. The van der Waals surface area contributed by atoms with Crippen LogP contribution in [0, 0.1) is 29.6 Å². The molecular weight excluding hydrogens is 296 g/mol. The van der Waals surface area contributed by atoms with Crippen molar-refractivity contribution in [2.24, 2.45) is 29.6 Å². The number of nitrogens with zero attached hydrogens (tertiary/aromatic N) is 1. The summed E-state index contributed by atoms with van der Waals surface area (Å²) in [4.78, 5) is 15.6. The van der Waals surface area contributed by atoms with E-state index in [1.807, 2.05) is 0 Å². The van der Waals surface area contributed by atoms with Gasteiger partial charge in [-0.05, 0) is 93.9 Å². The van der Waals surface area contributed by atoms with E-state index in [0.717, 1.165) is 42.6 Å². The summed E-state index contributed by atoms with van der Waals surface area (Å²) in [5, 5.41) is 3.58. The highest BCUT2D eigenvalue weighted by atomic mass is 16.2. The molecule has 5 aliphatic carbocycles. The number of carbonyl (C=O) groups excluding carboxylic acids is 1. The largest absolute Gasteiger partial charge is 0.351 e. The summed E-state index contributed by atoms with van der Waals surface area (Å²) in [6.07, 6.45) is 15.0. The van der Waals surface area contributed by atoms with E-state index in [4.69, 9.17) is 0 Å². The Morgan fingerprint density at radius 1 is 0.875 bits per heavy atom. The maximum absolute atomic E-state index is 13.1. The van der Waals surface area contributed by atoms with Crippen LogP contribution >= 0.6 is 0 Å². The van der Waals surface area contributed by atoms with Gasteiger partial charge in [0.25, 0.3) is 0 Å². The zero-order chi connectivity index (χ0) is 16.1. The van der Waals surface area contributed by atoms with Gasteiger partial charge in [-0.1, -0.05) is 12.8 Å². The first-order valence-corrected chi connectivity index (χ1v) is 10.8. The molecule has 6 rings (SSSR count). The van der Waals surface area contributed by atoms with Crippen LogP contribution in [0.1, 0.15) is 70.6 Å².